The van der Waals surface area contributed by atoms with Crippen molar-refractivity contribution in [1.29, 1.82) is 0 Å². The third-order valence-electron chi connectivity index (χ3n) is 12.8. The molecule has 3 fully saturated rings. The van der Waals surface area contributed by atoms with E-state index in [0.717, 1.165) is 69.9 Å². The van der Waals surface area contributed by atoms with Crippen molar-refractivity contribution in [1.82, 2.24) is 15.1 Å². The van der Waals surface area contributed by atoms with Crippen LogP contribution in [0.25, 0.3) is 0 Å². The highest BCUT2D eigenvalue weighted by Crippen LogP contribution is 2.47. The number of rotatable bonds is 7. The second kappa shape index (κ2) is 14.6. The molecule has 0 aromatic heterocycles. The Morgan fingerprint density at radius 2 is 1.41 bits per heavy atom. The molecule has 4 aromatic carbocycles. The molecule has 4 aromatic rings. The number of nitrogens with zero attached hydrogens (tertiary/aromatic N) is 4. The molecule has 9 nitrogen and oxygen atoms in total. The second-order valence-corrected chi connectivity index (χ2v) is 16.0. The highest BCUT2D eigenvalue weighted by molar-refractivity contribution is 6.05. The number of piperazine rings is 1. The number of phenols is 1. The van der Waals surface area contributed by atoms with Gasteiger partial charge < -0.3 is 19.8 Å². The van der Waals surface area contributed by atoms with Crippen LogP contribution >= 0.6 is 0 Å². The average Bonchev–Trinajstić information content (AvgIpc) is 3.53. The molecule has 9 heteroatoms. The number of benzene rings is 4. The van der Waals surface area contributed by atoms with Crippen LogP contribution in [0.3, 0.4) is 0 Å². The summed E-state index contributed by atoms with van der Waals surface area (Å²) in [5, 5.41) is 12.6. The first kappa shape index (κ1) is 34.6. The number of hydrogen-bond donors (Lipinski definition) is 2. The van der Waals surface area contributed by atoms with Gasteiger partial charge in [-0.25, -0.2) is 0 Å². The number of imide groups is 1. The van der Waals surface area contributed by atoms with Crippen LogP contribution in [0.5, 0.6) is 5.75 Å². The normalized spacial score (nSPS) is 23.7. The summed E-state index contributed by atoms with van der Waals surface area (Å²) in [6.45, 7) is 7.64. The second-order valence-electron chi connectivity index (χ2n) is 16.0. The van der Waals surface area contributed by atoms with Crippen molar-refractivity contribution in [3.8, 4) is 5.75 Å². The number of carbonyl (C=O) groups is 3. The summed E-state index contributed by atoms with van der Waals surface area (Å²) in [5.41, 5.74) is 9.39. The van der Waals surface area contributed by atoms with Gasteiger partial charge in [-0.15, -0.1) is 0 Å². The van der Waals surface area contributed by atoms with E-state index in [9.17, 15) is 19.5 Å². The van der Waals surface area contributed by atoms with Crippen LogP contribution in [0.1, 0.15) is 82.1 Å². The Balaban J connectivity index is 0.780. The van der Waals surface area contributed by atoms with E-state index >= 15 is 0 Å². The molecular weight excluding hydrogens is 675 g/mol. The van der Waals surface area contributed by atoms with E-state index < -0.39 is 6.04 Å². The predicted molar refractivity (Wildman–Crippen MR) is 210 cm³/mol. The molecule has 54 heavy (non-hydrogen) atoms. The van der Waals surface area contributed by atoms with Gasteiger partial charge in [0.2, 0.25) is 11.8 Å². The molecule has 0 bridgehead atoms. The fourth-order valence-electron chi connectivity index (χ4n) is 9.86. The van der Waals surface area contributed by atoms with E-state index in [1.54, 1.807) is 4.90 Å². The van der Waals surface area contributed by atoms with Crippen molar-refractivity contribution in [3.05, 3.63) is 124 Å². The molecule has 2 N–H and O–H groups in total. The van der Waals surface area contributed by atoms with Crippen molar-refractivity contribution >= 4 is 29.1 Å². The molecule has 0 radical (unpaired) electrons. The molecule has 3 saturated heterocycles. The summed E-state index contributed by atoms with van der Waals surface area (Å²) < 4.78 is 0. The Kier molecular flexibility index (Phi) is 9.35. The maximum Gasteiger partial charge on any atom is 0.255 e. The SMILES string of the molecule is O=C1CC[C@@H](N2Cc3cc(N4CCN(CC5CCN(c6ccc([C@@H]7c8ccc(O)cc8CC[C@@H]7c7ccccc7)cc6)CC5)CC4)ccc3C2=O)C(=O)N1. The number of carbonyl (C=O) groups excluding carboxylic acids is 3. The van der Waals surface area contributed by atoms with Gasteiger partial charge in [0.15, 0.2) is 0 Å². The minimum absolute atomic E-state index is 0.121. The van der Waals surface area contributed by atoms with Gasteiger partial charge in [0.25, 0.3) is 5.91 Å². The van der Waals surface area contributed by atoms with E-state index in [1.165, 1.54) is 40.8 Å². The number of hydrogen-bond acceptors (Lipinski definition) is 7. The van der Waals surface area contributed by atoms with Gasteiger partial charge in [-0.1, -0.05) is 48.5 Å². The number of phenolic OH excluding ortho intramolecular Hbond substituents is 1. The van der Waals surface area contributed by atoms with Gasteiger partial charge in [0.1, 0.15) is 11.8 Å². The van der Waals surface area contributed by atoms with Crippen LogP contribution in [0.15, 0.2) is 91.0 Å². The standard InChI is InChI=1S/C45H49N5O4/c51-37-12-15-39-33(27-37)8-13-38(31-4-2-1-3-5-31)43(39)32-6-9-35(10-7-32)48-20-18-30(19-21-48)28-47-22-24-49(25-23-47)36-11-14-40-34(26-36)29-50(45(40)54)41-16-17-42(52)46-44(41)53/h1-7,9-12,14-15,26-27,30,38,41,43,51H,8,13,16-25,28-29H2,(H,46,52,53)/t38-,41-,43+/m1/s1. The van der Waals surface area contributed by atoms with E-state index in [2.05, 4.69) is 86.7 Å². The van der Waals surface area contributed by atoms with E-state index in [-0.39, 0.29) is 30.1 Å². The van der Waals surface area contributed by atoms with Crippen molar-refractivity contribution < 1.29 is 19.5 Å². The first-order valence-electron chi connectivity index (χ1n) is 19.8. The van der Waals surface area contributed by atoms with Crippen molar-refractivity contribution in [2.75, 3.05) is 55.6 Å². The van der Waals surface area contributed by atoms with Crippen LogP contribution in [0.4, 0.5) is 11.4 Å². The zero-order chi connectivity index (χ0) is 36.8. The summed E-state index contributed by atoms with van der Waals surface area (Å²) in [6.07, 6.45) is 5.08. The topological polar surface area (TPSA) is 96.4 Å². The summed E-state index contributed by atoms with van der Waals surface area (Å²) in [6, 6.07) is 31.7. The van der Waals surface area contributed by atoms with Crippen LogP contribution in [-0.4, -0.2) is 84.5 Å². The van der Waals surface area contributed by atoms with Crippen molar-refractivity contribution in [3.63, 3.8) is 0 Å². The quantitative estimate of drug-likeness (QED) is 0.224. The molecule has 4 aliphatic heterocycles. The van der Waals surface area contributed by atoms with Crippen LogP contribution in [0.2, 0.25) is 0 Å². The van der Waals surface area contributed by atoms with Gasteiger partial charge >= 0.3 is 0 Å². The Labute approximate surface area is 317 Å². The van der Waals surface area contributed by atoms with E-state index in [0.29, 0.717) is 36.1 Å². The Hall–Kier alpha value is -5.15. The Bertz CT molecular complexity index is 2030. The number of aromatic hydroxyl groups is 1. The smallest absolute Gasteiger partial charge is 0.255 e. The van der Waals surface area contributed by atoms with Gasteiger partial charge in [-0.2, -0.15) is 0 Å². The minimum Gasteiger partial charge on any atom is -0.508 e. The van der Waals surface area contributed by atoms with Crippen molar-refractivity contribution in [2.45, 2.75) is 62.9 Å². The summed E-state index contributed by atoms with van der Waals surface area (Å²) in [7, 11) is 0. The van der Waals surface area contributed by atoms with E-state index in [1.807, 2.05) is 24.3 Å². The number of amides is 3. The molecule has 0 spiro atoms. The largest absolute Gasteiger partial charge is 0.508 e. The minimum atomic E-state index is -0.585. The number of fused-ring (bicyclic) bond motifs is 2. The molecule has 1 aliphatic carbocycles. The predicted octanol–water partition coefficient (Wildman–Crippen LogP) is 6.05. The number of anilines is 2. The maximum absolute atomic E-state index is 13.1. The van der Waals surface area contributed by atoms with Crippen LogP contribution < -0.4 is 15.1 Å². The zero-order valence-corrected chi connectivity index (χ0v) is 30.8. The van der Waals surface area contributed by atoms with Gasteiger partial charge in [0, 0.05) is 81.6 Å². The molecule has 5 aliphatic rings. The summed E-state index contributed by atoms with van der Waals surface area (Å²) >= 11 is 0. The average molecular weight is 724 g/mol. The van der Waals surface area contributed by atoms with Gasteiger partial charge in [-0.05, 0) is 114 Å². The molecule has 278 valence electrons. The fraction of sp³-hybridized carbons (Fsp3) is 0.400. The first-order chi connectivity index (χ1) is 26.4. The zero-order valence-electron chi connectivity index (χ0n) is 30.8. The third kappa shape index (κ3) is 6.74. The highest BCUT2D eigenvalue weighted by Gasteiger charge is 2.39. The van der Waals surface area contributed by atoms with Gasteiger partial charge in [0.05, 0.1) is 0 Å². The molecule has 0 saturated carbocycles. The lowest BCUT2D eigenvalue weighted by Crippen LogP contribution is -2.52. The lowest BCUT2D eigenvalue weighted by molar-refractivity contribution is -0.136. The first-order valence-corrected chi connectivity index (χ1v) is 19.8. The molecule has 4 heterocycles. The summed E-state index contributed by atoms with van der Waals surface area (Å²) in [5.74, 6) is 0.955. The number of aryl methyl sites for hydroxylation is 1. The lowest BCUT2D eigenvalue weighted by Gasteiger charge is -2.40. The van der Waals surface area contributed by atoms with Crippen LogP contribution in [0, 0.1) is 5.92 Å². The lowest BCUT2D eigenvalue weighted by atomic mass is 9.69. The maximum atomic E-state index is 13.1. The highest BCUT2D eigenvalue weighted by atomic mass is 16.3. The molecule has 9 rings (SSSR count). The number of nitrogens with one attached hydrogen (secondary N) is 1. The van der Waals surface area contributed by atoms with Gasteiger partial charge in [-0.3, -0.25) is 24.6 Å². The Morgan fingerprint density at radius 1 is 0.667 bits per heavy atom. The van der Waals surface area contributed by atoms with Crippen LogP contribution in [-0.2, 0) is 22.6 Å². The summed E-state index contributed by atoms with van der Waals surface area (Å²) in [4.78, 5) is 46.5. The fourth-order valence-corrected chi connectivity index (χ4v) is 9.86. The third-order valence-corrected chi connectivity index (χ3v) is 12.8. The van der Waals surface area contributed by atoms with E-state index in [4.69, 9.17) is 0 Å². The monoisotopic (exact) mass is 723 g/mol. The Morgan fingerprint density at radius 3 is 2.17 bits per heavy atom. The molecule has 3 atom stereocenters. The van der Waals surface area contributed by atoms with Crippen molar-refractivity contribution in [2.24, 2.45) is 5.92 Å². The molecule has 3 amide bonds. The molecule has 0 unspecified atom stereocenters. The molecular formula is C45H49N5O4. The number of piperidine rings is 2.